The van der Waals surface area contributed by atoms with Crippen LogP contribution in [0.15, 0.2) is 24.3 Å². The molecule has 0 spiro atoms. The maximum absolute atomic E-state index is 12.8. The predicted molar refractivity (Wildman–Crippen MR) is 121 cm³/mol. The van der Waals surface area contributed by atoms with E-state index >= 15 is 0 Å². The summed E-state index contributed by atoms with van der Waals surface area (Å²) in [6, 6.07) is -0.513. The van der Waals surface area contributed by atoms with Crippen LogP contribution >= 0.6 is 0 Å². The minimum absolute atomic E-state index is 0.0432. The van der Waals surface area contributed by atoms with Gasteiger partial charge in [-0.05, 0) is 24.1 Å². The fourth-order valence-corrected chi connectivity index (χ4v) is 2.92. The van der Waals surface area contributed by atoms with Crippen molar-refractivity contribution < 1.29 is 49.2 Å². The summed E-state index contributed by atoms with van der Waals surface area (Å²) in [6.45, 7) is -0.944. The lowest BCUT2D eigenvalue weighted by Gasteiger charge is -2.24. The first-order valence-corrected chi connectivity index (χ1v) is 10.6. The Balaban J connectivity index is 2.95. The lowest BCUT2D eigenvalue weighted by Crippen LogP contribution is -2.58. The van der Waals surface area contributed by atoms with Crippen molar-refractivity contribution in [3.63, 3.8) is 0 Å². The van der Waals surface area contributed by atoms with E-state index in [-0.39, 0.29) is 25.0 Å². The number of hydrogen-bond donors (Lipinski definition) is 9. The van der Waals surface area contributed by atoms with E-state index in [0.717, 1.165) is 0 Å². The van der Waals surface area contributed by atoms with Crippen LogP contribution in [0.4, 0.5) is 0 Å². The molecule has 1 aromatic carbocycles. The predicted octanol–water partition coefficient (Wildman–Crippen LogP) is -3.47. The molecule has 0 fully saturated rings. The molecule has 0 aliphatic rings. The molecule has 4 atom stereocenters. The second-order valence-corrected chi connectivity index (χ2v) is 7.78. The van der Waals surface area contributed by atoms with Crippen LogP contribution in [0.3, 0.4) is 0 Å². The van der Waals surface area contributed by atoms with E-state index in [1.165, 1.54) is 24.3 Å². The molecule has 36 heavy (non-hydrogen) atoms. The molecule has 0 saturated carbocycles. The van der Waals surface area contributed by atoms with Crippen molar-refractivity contribution in [2.45, 2.75) is 49.9 Å². The van der Waals surface area contributed by atoms with Crippen molar-refractivity contribution in [1.29, 1.82) is 0 Å². The van der Waals surface area contributed by atoms with Gasteiger partial charge >= 0.3 is 11.9 Å². The highest BCUT2D eigenvalue weighted by Gasteiger charge is 2.30. The van der Waals surface area contributed by atoms with Gasteiger partial charge in [-0.25, -0.2) is 4.79 Å². The highest BCUT2D eigenvalue weighted by atomic mass is 16.4. The molecule has 0 saturated heterocycles. The van der Waals surface area contributed by atoms with Gasteiger partial charge in [-0.3, -0.25) is 24.0 Å². The maximum atomic E-state index is 12.8. The average Bonchev–Trinajstić information content (AvgIpc) is 2.79. The quantitative estimate of drug-likeness (QED) is 0.112. The first kappa shape index (κ1) is 29.8. The molecule has 0 aliphatic heterocycles. The van der Waals surface area contributed by atoms with E-state index in [4.69, 9.17) is 16.6 Å². The van der Waals surface area contributed by atoms with Gasteiger partial charge in [0.1, 0.15) is 23.9 Å². The number of phenolic OH excluding ortho intramolecular Hbond substituents is 1. The number of primary amides is 1. The summed E-state index contributed by atoms with van der Waals surface area (Å²) in [7, 11) is 0. The van der Waals surface area contributed by atoms with Gasteiger partial charge in [0.2, 0.25) is 23.6 Å². The number of aliphatic hydroxyl groups excluding tert-OH is 1. The number of aliphatic carboxylic acids is 2. The van der Waals surface area contributed by atoms with Gasteiger partial charge in [-0.2, -0.15) is 0 Å². The molecule has 15 heteroatoms. The lowest BCUT2D eigenvalue weighted by molar-refractivity contribution is -0.142. The number of benzene rings is 1. The Labute approximate surface area is 204 Å². The van der Waals surface area contributed by atoms with Crippen LogP contribution in [-0.2, 0) is 35.2 Å². The topological polar surface area (TPSA) is 271 Å². The van der Waals surface area contributed by atoms with E-state index in [2.05, 4.69) is 10.6 Å². The summed E-state index contributed by atoms with van der Waals surface area (Å²) in [6.07, 6.45) is -1.61. The van der Waals surface area contributed by atoms with Crippen LogP contribution < -0.4 is 27.4 Å². The summed E-state index contributed by atoms with van der Waals surface area (Å²) in [4.78, 5) is 70.9. The zero-order valence-electron chi connectivity index (χ0n) is 19.0. The molecular formula is C21H29N5O10. The SMILES string of the molecule is NC(=O)CCC(NC(=O)C(CO)NC(=O)C(N)CC(=O)O)C(=O)NC(Cc1ccc(O)cc1)C(=O)O. The van der Waals surface area contributed by atoms with E-state index in [9.17, 15) is 44.1 Å². The van der Waals surface area contributed by atoms with Gasteiger partial charge < -0.3 is 47.8 Å². The van der Waals surface area contributed by atoms with Gasteiger partial charge in [-0.1, -0.05) is 12.1 Å². The van der Waals surface area contributed by atoms with Gasteiger partial charge in [-0.15, -0.1) is 0 Å². The minimum Gasteiger partial charge on any atom is -0.508 e. The van der Waals surface area contributed by atoms with E-state index in [1.54, 1.807) is 0 Å². The molecule has 4 amide bonds. The highest BCUT2D eigenvalue weighted by Crippen LogP contribution is 2.12. The largest absolute Gasteiger partial charge is 0.508 e. The third kappa shape index (κ3) is 10.4. The number of hydrogen-bond acceptors (Lipinski definition) is 9. The Morgan fingerprint density at radius 1 is 0.833 bits per heavy atom. The van der Waals surface area contributed by atoms with Crippen LogP contribution in [0.25, 0.3) is 0 Å². The zero-order chi connectivity index (χ0) is 27.4. The number of carbonyl (C=O) groups excluding carboxylic acids is 4. The monoisotopic (exact) mass is 511 g/mol. The second kappa shape index (κ2) is 14.2. The van der Waals surface area contributed by atoms with Gasteiger partial charge in [0, 0.05) is 12.8 Å². The molecule has 0 aliphatic carbocycles. The van der Waals surface area contributed by atoms with Gasteiger partial charge in [0.25, 0.3) is 0 Å². The van der Waals surface area contributed by atoms with Crippen LogP contribution in [0.2, 0.25) is 0 Å². The summed E-state index contributed by atoms with van der Waals surface area (Å²) >= 11 is 0. The molecule has 198 valence electrons. The van der Waals surface area contributed by atoms with Crippen molar-refractivity contribution in [3.8, 4) is 5.75 Å². The molecule has 1 aromatic rings. The molecule has 0 bridgehead atoms. The number of carboxylic acid groups (broad SMARTS) is 2. The summed E-state index contributed by atoms with van der Waals surface area (Å²) < 4.78 is 0. The Kier molecular flexibility index (Phi) is 11.8. The van der Waals surface area contributed by atoms with Crippen LogP contribution in [-0.4, -0.2) is 86.8 Å². The molecular weight excluding hydrogens is 482 g/mol. The van der Waals surface area contributed by atoms with E-state index < -0.39 is 72.8 Å². The standard InChI is InChI=1S/C21H29N5O10/c22-12(8-17(30)31)18(32)26-15(9-27)20(34)24-13(5-6-16(23)29)19(33)25-14(21(35)36)7-10-1-3-11(28)4-2-10/h1-4,12-15,27-28H,5-9,22H2,(H2,23,29)(H,24,34)(H,25,33)(H,26,32)(H,30,31)(H,35,36). The first-order valence-electron chi connectivity index (χ1n) is 10.6. The third-order valence-corrected chi connectivity index (χ3v) is 4.85. The number of nitrogens with two attached hydrogens (primary N) is 2. The fourth-order valence-electron chi connectivity index (χ4n) is 2.92. The average molecular weight is 511 g/mol. The lowest BCUT2D eigenvalue weighted by atomic mass is 10.0. The smallest absolute Gasteiger partial charge is 0.326 e. The molecule has 0 aromatic heterocycles. The Morgan fingerprint density at radius 3 is 1.86 bits per heavy atom. The summed E-state index contributed by atoms with van der Waals surface area (Å²) in [5.74, 6) is -6.74. The number of phenols is 1. The third-order valence-electron chi connectivity index (χ3n) is 4.85. The van der Waals surface area contributed by atoms with Crippen molar-refractivity contribution in [3.05, 3.63) is 29.8 Å². The van der Waals surface area contributed by atoms with Crippen molar-refractivity contribution in [1.82, 2.24) is 16.0 Å². The van der Waals surface area contributed by atoms with E-state index in [0.29, 0.717) is 5.56 Å². The van der Waals surface area contributed by atoms with Crippen LogP contribution in [0.1, 0.15) is 24.8 Å². The number of carboxylic acids is 2. The minimum atomic E-state index is -1.63. The Hall–Kier alpha value is -4.24. The number of rotatable bonds is 15. The zero-order valence-corrected chi connectivity index (χ0v) is 19.0. The van der Waals surface area contributed by atoms with E-state index in [1.807, 2.05) is 5.32 Å². The Bertz CT molecular complexity index is 968. The molecule has 0 heterocycles. The Morgan fingerprint density at radius 2 is 1.36 bits per heavy atom. The normalized spacial score (nSPS) is 13.9. The second-order valence-electron chi connectivity index (χ2n) is 7.78. The van der Waals surface area contributed by atoms with Crippen molar-refractivity contribution in [2.75, 3.05) is 6.61 Å². The maximum Gasteiger partial charge on any atom is 0.326 e. The number of nitrogens with one attached hydrogen (secondary N) is 3. The number of carbonyl (C=O) groups is 6. The first-order chi connectivity index (χ1) is 16.8. The van der Waals surface area contributed by atoms with Crippen molar-refractivity contribution >= 4 is 35.6 Å². The number of amides is 4. The number of aliphatic hydroxyl groups is 1. The van der Waals surface area contributed by atoms with Crippen molar-refractivity contribution in [2.24, 2.45) is 11.5 Å². The van der Waals surface area contributed by atoms with Crippen LogP contribution in [0, 0.1) is 0 Å². The van der Waals surface area contributed by atoms with Crippen LogP contribution in [0.5, 0.6) is 5.75 Å². The highest BCUT2D eigenvalue weighted by molar-refractivity contribution is 5.95. The molecule has 11 N–H and O–H groups in total. The molecule has 0 radical (unpaired) electrons. The molecule has 1 rings (SSSR count). The molecule has 4 unspecified atom stereocenters. The molecule has 15 nitrogen and oxygen atoms in total. The van der Waals surface area contributed by atoms with Gasteiger partial charge in [0.05, 0.1) is 19.1 Å². The summed E-state index contributed by atoms with van der Waals surface area (Å²) in [5, 5.41) is 43.5. The van der Waals surface area contributed by atoms with Gasteiger partial charge in [0.15, 0.2) is 0 Å². The fraction of sp³-hybridized carbons (Fsp3) is 0.429. The number of aromatic hydroxyl groups is 1. The summed E-state index contributed by atoms with van der Waals surface area (Å²) in [5.41, 5.74) is 11.0.